The number of hydrogen-bond acceptors (Lipinski definition) is 4. The lowest BCUT2D eigenvalue weighted by atomic mass is 10.1. The van der Waals surface area contributed by atoms with Crippen molar-refractivity contribution >= 4 is 29.2 Å². The third-order valence-corrected chi connectivity index (χ3v) is 5.04. The summed E-state index contributed by atoms with van der Waals surface area (Å²) in [6.07, 6.45) is 17.9. The van der Waals surface area contributed by atoms with Gasteiger partial charge in [-0.3, -0.25) is 14.4 Å². The maximum absolute atomic E-state index is 13.0. The van der Waals surface area contributed by atoms with Crippen LogP contribution in [0.2, 0.25) is 0 Å². The molecule has 37 heavy (non-hydrogen) atoms. The van der Waals surface area contributed by atoms with E-state index in [4.69, 9.17) is 5.11 Å². The Morgan fingerprint density at radius 1 is 0.892 bits per heavy atom. The molecule has 0 fully saturated rings. The molecule has 0 aliphatic rings. The van der Waals surface area contributed by atoms with E-state index in [1.54, 1.807) is 73.7 Å². The van der Waals surface area contributed by atoms with Crippen LogP contribution in [-0.2, 0) is 16.1 Å². The second kappa shape index (κ2) is 16.1. The summed E-state index contributed by atoms with van der Waals surface area (Å²) in [6.45, 7) is 3.81. The van der Waals surface area contributed by atoms with Crippen LogP contribution in [0, 0.1) is 0 Å². The lowest BCUT2D eigenvalue weighted by Gasteiger charge is -2.12. The fourth-order valence-corrected chi connectivity index (χ4v) is 3.19. The van der Waals surface area contributed by atoms with Crippen LogP contribution in [0.15, 0.2) is 109 Å². The van der Waals surface area contributed by atoms with Gasteiger partial charge in [0, 0.05) is 29.1 Å². The number of amides is 2. The maximum Gasteiger partial charge on any atom is 0.322 e. The third-order valence-electron chi connectivity index (χ3n) is 5.04. The zero-order chi connectivity index (χ0) is 26.9. The average Bonchev–Trinajstić information content (AvgIpc) is 2.90. The molecule has 4 N–H and O–H groups in total. The summed E-state index contributed by atoms with van der Waals surface area (Å²) < 4.78 is 0. The smallest absolute Gasteiger partial charge is 0.322 e. The molecule has 2 rings (SSSR count). The predicted molar refractivity (Wildman–Crippen MR) is 149 cm³/mol. The number of allylic oxidation sites excluding steroid dienone is 8. The number of anilines is 2. The minimum atomic E-state index is -0.980. The summed E-state index contributed by atoms with van der Waals surface area (Å²) in [4.78, 5) is 36.4. The topological polar surface area (TPSA) is 108 Å². The van der Waals surface area contributed by atoms with E-state index in [2.05, 4.69) is 29.0 Å². The number of benzene rings is 2. The van der Waals surface area contributed by atoms with Gasteiger partial charge in [0.1, 0.15) is 6.54 Å². The van der Waals surface area contributed by atoms with E-state index in [1.807, 2.05) is 30.4 Å². The quantitative estimate of drug-likeness (QED) is 0.211. The summed E-state index contributed by atoms with van der Waals surface area (Å²) in [5, 5.41) is 17.3. The SMILES string of the molecule is C\C=C(/C=C\C=C\C=C/C=C\CC)C(=O)NCc1ccccc1C(=O)Nc1cccc(NCC(=O)O)c1. The molecule has 7 nitrogen and oxygen atoms in total. The maximum atomic E-state index is 13.0. The van der Waals surface area contributed by atoms with Gasteiger partial charge < -0.3 is 21.1 Å². The largest absolute Gasteiger partial charge is 0.480 e. The van der Waals surface area contributed by atoms with E-state index < -0.39 is 5.97 Å². The van der Waals surface area contributed by atoms with Crippen molar-refractivity contribution in [3.05, 3.63) is 120 Å². The van der Waals surface area contributed by atoms with Crippen LogP contribution in [0.5, 0.6) is 0 Å². The molecule has 0 saturated heterocycles. The zero-order valence-corrected chi connectivity index (χ0v) is 21.1. The fraction of sp³-hybridized carbons (Fsp3) is 0.167. The van der Waals surface area contributed by atoms with Crippen LogP contribution in [-0.4, -0.2) is 29.4 Å². The molecule has 2 aromatic rings. The Hall–Kier alpha value is -4.65. The lowest BCUT2D eigenvalue weighted by Crippen LogP contribution is -2.25. The number of nitrogens with one attached hydrogen (secondary N) is 3. The highest BCUT2D eigenvalue weighted by atomic mass is 16.4. The first-order chi connectivity index (χ1) is 17.9. The summed E-state index contributed by atoms with van der Waals surface area (Å²) in [5.41, 5.74) is 2.69. The highest BCUT2D eigenvalue weighted by Gasteiger charge is 2.13. The first kappa shape index (κ1) is 28.6. The molecule has 2 amide bonds. The van der Waals surface area contributed by atoms with E-state index >= 15 is 0 Å². The summed E-state index contributed by atoms with van der Waals surface area (Å²) in [7, 11) is 0. The molecule has 192 valence electrons. The summed E-state index contributed by atoms with van der Waals surface area (Å²) in [5.74, 6) is -1.56. The molecule has 2 aromatic carbocycles. The normalized spacial score (nSPS) is 12.0. The molecule has 0 unspecified atom stereocenters. The Balaban J connectivity index is 1.99. The van der Waals surface area contributed by atoms with E-state index in [1.165, 1.54) is 0 Å². The van der Waals surface area contributed by atoms with Crippen LogP contribution >= 0.6 is 0 Å². The van der Waals surface area contributed by atoms with Crippen molar-refractivity contribution in [1.82, 2.24) is 5.32 Å². The first-order valence-corrected chi connectivity index (χ1v) is 12.0. The highest BCUT2D eigenvalue weighted by Crippen LogP contribution is 2.17. The van der Waals surface area contributed by atoms with Crippen molar-refractivity contribution in [1.29, 1.82) is 0 Å². The minimum Gasteiger partial charge on any atom is -0.480 e. The minimum absolute atomic E-state index is 0.177. The highest BCUT2D eigenvalue weighted by molar-refractivity contribution is 6.05. The van der Waals surface area contributed by atoms with Crippen molar-refractivity contribution < 1.29 is 19.5 Å². The van der Waals surface area contributed by atoms with Gasteiger partial charge in [-0.1, -0.05) is 79.8 Å². The van der Waals surface area contributed by atoms with Gasteiger partial charge in [0.15, 0.2) is 0 Å². The van der Waals surface area contributed by atoms with Crippen LogP contribution < -0.4 is 16.0 Å². The Kier molecular flexibility index (Phi) is 12.4. The molecular formula is C30H33N3O4. The fourth-order valence-electron chi connectivity index (χ4n) is 3.19. The molecule has 7 heteroatoms. The Morgan fingerprint density at radius 3 is 2.32 bits per heavy atom. The van der Waals surface area contributed by atoms with Crippen molar-refractivity contribution in [2.45, 2.75) is 26.8 Å². The molecule has 0 radical (unpaired) electrons. The van der Waals surface area contributed by atoms with Gasteiger partial charge in [0.05, 0.1) is 0 Å². The van der Waals surface area contributed by atoms with Crippen LogP contribution in [0.1, 0.15) is 36.2 Å². The van der Waals surface area contributed by atoms with Gasteiger partial charge in [-0.05, 0) is 49.2 Å². The predicted octanol–water partition coefficient (Wildman–Crippen LogP) is 5.63. The third kappa shape index (κ3) is 10.7. The van der Waals surface area contributed by atoms with Crippen molar-refractivity contribution in [2.75, 3.05) is 17.2 Å². The van der Waals surface area contributed by atoms with Gasteiger partial charge in [-0.15, -0.1) is 0 Å². The van der Waals surface area contributed by atoms with E-state index in [9.17, 15) is 14.4 Å². The van der Waals surface area contributed by atoms with E-state index in [-0.39, 0.29) is 24.9 Å². The van der Waals surface area contributed by atoms with Gasteiger partial charge in [0.2, 0.25) is 0 Å². The molecule has 0 aliphatic heterocycles. The number of aliphatic carboxylic acids is 1. The molecule has 0 heterocycles. The first-order valence-electron chi connectivity index (χ1n) is 12.0. The summed E-state index contributed by atoms with van der Waals surface area (Å²) >= 11 is 0. The Morgan fingerprint density at radius 2 is 1.59 bits per heavy atom. The lowest BCUT2D eigenvalue weighted by molar-refractivity contribution is -0.135. The van der Waals surface area contributed by atoms with Gasteiger partial charge in [-0.25, -0.2) is 0 Å². The van der Waals surface area contributed by atoms with Crippen molar-refractivity contribution in [3.8, 4) is 0 Å². The standard InChI is InChI=1S/C30H33N3O4/c1-3-5-6-7-8-9-10-11-15-23(4-2)29(36)32-21-24-16-12-13-19-27(24)30(37)33-26-18-14-17-25(20-26)31-22-28(34)35/h4-20,31H,3,21-22H2,1-2H3,(H,32,36)(H,33,37)(H,34,35)/b6-5-,8-7-,10-9+,15-11-,23-4+. The van der Waals surface area contributed by atoms with Crippen molar-refractivity contribution in [2.24, 2.45) is 0 Å². The molecule has 0 spiro atoms. The number of carboxylic acids is 1. The number of rotatable bonds is 13. The average molecular weight is 500 g/mol. The van der Waals surface area contributed by atoms with E-state index in [0.717, 1.165) is 6.42 Å². The second-order valence-corrected chi connectivity index (χ2v) is 7.83. The number of carboxylic acid groups (broad SMARTS) is 1. The Labute approximate surface area is 218 Å². The second-order valence-electron chi connectivity index (χ2n) is 7.83. The van der Waals surface area contributed by atoms with Crippen LogP contribution in [0.4, 0.5) is 11.4 Å². The zero-order valence-electron chi connectivity index (χ0n) is 21.1. The molecule has 0 atom stereocenters. The number of carbonyl (C=O) groups is 3. The van der Waals surface area contributed by atoms with Gasteiger partial charge in [0.25, 0.3) is 11.8 Å². The molecule has 0 bridgehead atoms. The number of carbonyl (C=O) groups excluding carboxylic acids is 2. The van der Waals surface area contributed by atoms with Gasteiger partial charge in [-0.2, -0.15) is 0 Å². The van der Waals surface area contributed by atoms with E-state index in [0.29, 0.717) is 28.1 Å². The molecule has 0 aromatic heterocycles. The van der Waals surface area contributed by atoms with Crippen molar-refractivity contribution in [3.63, 3.8) is 0 Å². The van der Waals surface area contributed by atoms with Crippen LogP contribution in [0.25, 0.3) is 0 Å². The molecular weight excluding hydrogens is 466 g/mol. The number of hydrogen-bond donors (Lipinski definition) is 4. The summed E-state index contributed by atoms with van der Waals surface area (Å²) in [6, 6.07) is 13.8. The van der Waals surface area contributed by atoms with Gasteiger partial charge >= 0.3 is 5.97 Å². The Bertz CT molecular complexity index is 1220. The molecule has 0 aliphatic carbocycles. The molecule has 0 saturated carbocycles. The van der Waals surface area contributed by atoms with Crippen LogP contribution in [0.3, 0.4) is 0 Å². The monoisotopic (exact) mass is 499 g/mol.